The highest BCUT2D eigenvalue weighted by atomic mass is 16.4. The molecule has 2 unspecified atom stereocenters. The fourth-order valence-electron chi connectivity index (χ4n) is 2.41. The molecular formula is C15H19N3O2. The number of allylic oxidation sites excluding steroid dienone is 1. The number of rotatable bonds is 3. The Morgan fingerprint density at radius 2 is 2.25 bits per heavy atom. The Kier molecular flexibility index (Phi) is 4.20. The van der Waals surface area contributed by atoms with Crippen LogP contribution in [0.3, 0.4) is 0 Å². The molecule has 20 heavy (non-hydrogen) atoms. The quantitative estimate of drug-likeness (QED) is 0.650. The van der Waals surface area contributed by atoms with E-state index in [2.05, 4.69) is 4.99 Å². The monoisotopic (exact) mass is 273 g/mol. The first-order chi connectivity index (χ1) is 9.54. The number of nitrogens with two attached hydrogens (primary N) is 1. The van der Waals surface area contributed by atoms with Crippen molar-refractivity contribution in [1.29, 1.82) is 0 Å². The number of nitrogens with zero attached hydrogens (tertiary/aromatic N) is 2. The van der Waals surface area contributed by atoms with Crippen molar-refractivity contribution in [2.24, 2.45) is 10.7 Å². The molecule has 0 saturated carbocycles. The van der Waals surface area contributed by atoms with Crippen molar-refractivity contribution in [2.75, 3.05) is 4.90 Å². The molecule has 0 bridgehead atoms. The standard InChI is InChI=1S/C15H19N3O2/c1-3-6-14(17-10(2)16)18-12-8-5-4-7-11(12)9-13(18)15(19)20/h3-8,10,13H,9,16H2,1-2H3,(H,19,20)/b6-3-,17-14+. The van der Waals surface area contributed by atoms with E-state index in [1.807, 2.05) is 37.3 Å². The van der Waals surface area contributed by atoms with E-state index in [0.29, 0.717) is 12.3 Å². The Morgan fingerprint density at radius 1 is 1.55 bits per heavy atom. The predicted molar refractivity (Wildman–Crippen MR) is 79.9 cm³/mol. The zero-order valence-electron chi connectivity index (χ0n) is 11.7. The molecule has 1 aromatic carbocycles. The van der Waals surface area contributed by atoms with Gasteiger partial charge in [0.1, 0.15) is 11.9 Å². The Balaban J connectivity index is 2.51. The summed E-state index contributed by atoms with van der Waals surface area (Å²) in [6, 6.07) is 7.04. The number of carboxylic acid groups (broad SMARTS) is 1. The van der Waals surface area contributed by atoms with Gasteiger partial charge in [-0.1, -0.05) is 24.3 Å². The number of hydrogen-bond acceptors (Lipinski definition) is 3. The molecule has 1 aliphatic heterocycles. The maximum absolute atomic E-state index is 11.5. The van der Waals surface area contributed by atoms with E-state index in [1.54, 1.807) is 17.9 Å². The molecule has 106 valence electrons. The van der Waals surface area contributed by atoms with Crippen molar-refractivity contribution in [1.82, 2.24) is 0 Å². The molecule has 0 radical (unpaired) electrons. The maximum atomic E-state index is 11.5. The van der Waals surface area contributed by atoms with E-state index >= 15 is 0 Å². The second-order valence-electron chi connectivity index (χ2n) is 4.78. The Bertz CT molecular complexity index is 564. The highest BCUT2D eigenvalue weighted by Crippen LogP contribution is 2.32. The van der Waals surface area contributed by atoms with Crippen LogP contribution < -0.4 is 10.6 Å². The SMILES string of the molecule is C/C=C\C(=N/C(C)N)N1c2ccccc2CC1C(=O)O. The van der Waals surface area contributed by atoms with Crippen molar-refractivity contribution < 1.29 is 9.90 Å². The highest BCUT2D eigenvalue weighted by Gasteiger charge is 2.36. The summed E-state index contributed by atoms with van der Waals surface area (Å²) in [4.78, 5) is 17.6. The van der Waals surface area contributed by atoms with Crippen LogP contribution in [0.15, 0.2) is 41.4 Å². The van der Waals surface area contributed by atoms with Crippen LogP contribution in [0.25, 0.3) is 0 Å². The van der Waals surface area contributed by atoms with E-state index in [9.17, 15) is 9.90 Å². The lowest BCUT2D eigenvalue weighted by Gasteiger charge is -2.25. The van der Waals surface area contributed by atoms with Crippen LogP contribution >= 0.6 is 0 Å². The molecule has 0 spiro atoms. The van der Waals surface area contributed by atoms with E-state index in [4.69, 9.17) is 5.73 Å². The normalized spacial score (nSPS) is 20.2. The second kappa shape index (κ2) is 5.88. The number of aliphatic carboxylic acids is 1. The molecule has 0 aromatic heterocycles. The number of fused-ring (bicyclic) bond motifs is 1. The van der Waals surface area contributed by atoms with Crippen molar-refractivity contribution in [3.63, 3.8) is 0 Å². The summed E-state index contributed by atoms with van der Waals surface area (Å²) in [5.74, 6) is -0.275. The van der Waals surface area contributed by atoms with Crippen molar-refractivity contribution in [3.8, 4) is 0 Å². The summed E-state index contributed by atoms with van der Waals surface area (Å²) in [6.07, 6.45) is 3.71. The van der Waals surface area contributed by atoms with E-state index in [0.717, 1.165) is 11.3 Å². The molecule has 5 nitrogen and oxygen atoms in total. The number of hydrogen-bond donors (Lipinski definition) is 2. The third-order valence-corrected chi connectivity index (χ3v) is 3.16. The molecule has 0 saturated heterocycles. The molecule has 2 rings (SSSR count). The van der Waals surface area contributed by atoms with E-state index in [-0.39, 0.29) is 6.17 Å². The minimum atomic E-state index is -0.858. The number of para-hydroxylation sites is 1. The third-order valence-electron chi connectivity index (χ3n) is 3.16. The van der Waals surface area contributed by atoms with Gasteiger partial charge < -0.3 is 15.7 Å². The summed E-state index contributed by atoms with van der Waals surface area (Å²) in [7, 11) is 0. The van der Waals surface area contributed by atoms with Crippen LogP contribution in [0, 0.1) is 0 Å². The lowest BCUT2D eigenvalue weighted by Crippen LogP contribution is -2.43. The number of carboxylic acids is 1. The van der Waals surface area contributed by atoms with Gasteiger partial charge in [-0.15, -0.1) is 0 Å². The lowest BCUT2D eigenvalue weighted by atomic mass is 10.1. The fraction of sp³-hybridized carbons (Fsp3) is 0.333. The van der Waals surface area contributed by atoms with E-state index < -0.39 is 12.0 Å². The first-order valence-electron chi connectivity index (χ1n) is 6.60. The summed E-state index contributed by atoms with van der Waals surface area (Å²) < 4.78 is 0. The Hall–Kier alpha value is -2.14. The first kappa shape index (κ1) is 14.3. The number of aliphatic imine (C=N–C) groups is 1. The van der Waals surface area contributed by atoms with Crippen LogP contribution in [0.1, 0.15) is 19.4 Å². The number of carbonyl (C=O) groups is 1. The molecule has 1 aliphatic rings. The molecule has 0 fully saturated rings. The number of anilines is 1. The van der Waals surface area contributed by atoms with Crippen molar-refractivity contribution >= 4 is 17.5 Å². The van der Waals surface area contributed by atoms with Gasteiger partial charge in [0.05, 0.1) is 6.17 Å². The summed E-state index contributed by atoms with van der Waals surface area (Å²) in [5.41, 5.74) is 7.64. The molecular weight excluding hydrogens is 254 g/mol. The number of amidine groups is 1. The predicted octanol–water partition coefficient (Wildman–Crippen LogP) is 1.78. The van der Waals surface area contributed by atoms with Crippen LogP contribution in [0.2, 0.25) is 0 Å². The summed E-state index contributed by atoms with van der Waals surface area (Å²) in [5, 5.41) is 9.46. The van der Waals surface area contributed by atoms with Gasteiger partial charge in [-0.05, 0) is 31.6 Å². The van der Waals surface area contributed by atoms with Crippen LogP contribution in [0.4, 0.5) is 5.69 Å². The average molecular weight is 273 g/mol. The Labute approximate surface area is 118 Å². The molecule has 1 aromatic rings. The van der Waals surface area contributed by atoms with Crippen LogP contribution in [-0.4, -0.2) is 29.1 Å². The highest BCUT2D eigenvalue weighted by molar-refractivity contribution is 6.10. The van der Waals surface area contributed by atoms with Gasteiger partial charge in [-0.25, -0.2) is 9.79 Å². The summed E-state index contributed by atoms with van der Waals surface area (Å²) in [6.45, 7) is 3.63. The molecule has 1 heterocycles. The van der Waals surface area contributed by atoms with Crippen LogP contribution in [0.5, 0.6) is 0 Å². The summed E-state index contributed by atoms with van der Waals surface area (Å²) >= 11 is 0. The largest absolute Gasteiger partial charge is 0.480 e. The lowest BCUT2D eigenvalue weighted by molar-refractivity contribution is -0.138. The third kappa shape index (κ3) is 2.72. The zero-order valence-corrected chi connectivity index (χ0v) is 11.7. The van der Waals surface area contributed by atoms with E-state index in [1.165, 1.54) is 0 Å². The van der Waals surface area contributed by atoms with Gasteiger partial charge in [-0.3, -0.25) is 0 Å². The van der Waals surface area contributed by atoms with Crippen molar-refractivity contribution in [2.45, 2.75) is 32.5 Å². The second-order valence-corrected chi connectivity index (χ2v) is 4.78. The minimum Gasteiger partial charge on any atom is -0.480 e. The molecule has 3 N–H and O–H groups in total. The topological polar surface area (TPSA) is 78.9 Å². The molecule has 0 amide bonds. The van der Waals surface area contributed by atoms with Gasteiger partial charge >= 0.3 is 5.97 Å². The van der Waals surface area contributed by atoms with Crippen LogP contribution in [-0.2, 0) is 11.2 Å². The Morgan fingerprint density at radius 3 is 2.85 bits per heavy atom. The minimum absolute atomic E-state index is 0.386. The fourth-order valence-corrected chi connectivity index (χ4v) is 2.41. The van der Waals surface area contributed by atoms with Gasteiger partial charge in [0.2, 0.25) is 0 Å². The molecule has 0 aliphatic carbocycles. The average Bonchev–Trinajstić information content (AvgIpc) is 2.77. The maximum Gasteiger partial charge on any atom is 0.327 e. The smallest absolute Gasteiger partial charge is 0.327 e. The first-order valence-corrected chi connectivity index (χ1v) is 6.60. The van der Waals surface area contributed by atoms with Crippen molar-refractivity contribution in [3.05, 3.63) is 42.0 Å². The zero-order chi connectivity index (χ0) is 14.7. The van der Waals surface area contributed by atoms with Gasteiger partial charge in [0.25, 0.3) is 0 Å². The van der Waals surface area contributed by atoms with Gasteiger partial charge in [-0.2, -0.15) is 0 Å². The molecule has 5 heteroatoms. The number of benzene rings is 1. The molecule has 2 atom stereocenters. The van der Waals surface area contributed by atoms with Gasteiger partial charge in [0, 0.05) is 12.1 Å². The van der Waals surface area contributed by atoms with Gasteiger partial charge in [0.15, 0.2) is 0 Å².